The first-order valence-corrected chi connectivity index (χ1v) is 11.7. The lowest BCUT2D eigenvalue weighted by Gasteiger charge is -2.51. The third kappa shape index (κ3) is 3.63. The third-order valence-corrected chi connectivity index (χ3v) is 7.80. The minimum Gasteiger partial charge on any atom is -0.507 e. The van der Waals surface area contributed by atoms with Gasteiger partial charge in [-0.25, -0.2) is 13.1 Å². The van der Waals surface area contributed by atoms with E-state index in [2.05, 4.69) is 21.0 Å². The number of phenolic OH excluding ortho intramolecular Hbond substituents is 1. The van der Waals surface area contributed by atoms with Gasteiger partial charge in [-0.1, -0.05) is 18.2 Å². The molecule has 0 unspecified atom stereocenters. The van der Waals surface area contributed by atoms with E-state index in [1.807, 2.05) is 13.8 Å². The van der Waals surface area contributed by atoms with Crippen LogP contribution in [0.5, 0.6) is 5.75 Å². The van der Waals surface area contributed by atoms with Crippen LogP contribution in [0, 0.1) is 13.8 Å². The number of benzene rings is 2. The Balaban J connectivity index is 1.46. The molecule has 0 radical (unpaired) electrons. The van der Waals surface area contributed by atoms with Gasteiger partial charge in [0.15, 0.2) is 0 Å². The van der Waals surface area contributed by atoms with Crippen molar-refractivity contribution in [1.29, 1.82) is 0 Å². The quantitative estimate of drug-likeness (QED) is 0.632. The van der Waals surface area contributed by atoms with Crippen LogP contribution in [0.4, 0.5) is 5.69 Å². The summed E-state index contributed by atoms with van der Waals surface area (Å²) in [7, 11) is -3.47. The first-order valence-electron chi connectivity index (χ1n) is 10.2. The molecule has 2 heterocycles. The van der Waals surface area contributed by atoms with E-state index < -0.39 is 10.0 Å². The highest BCUT2D eigenvalue weighted by atomic mass is 32.2. The van der Waals surface area contributed by atoms with Crippen LogP contribution in [0.2, 0.25) is 0 Å². The first-order chi connectivity index (χ1) is 13.8. The molecule has 7 heteroatoms. The van der Waals surface area contributed by atoms with Gasteiger partial charge >= 0.3 is 0 Å². The van der Waals surface area contributed by atoms with Crippen molar-refractivity contribution < 1.29 is 13.5 Å². The number of anilines is 1. The monoisotopic (exact) mass is 415 g/mol. The van der Waals surface area contributed by atoms with Crippen LogP contribution in [0.1, 0.15) is 29.5 Å². The number of aromatic hydroxyl groups is 1. The van der Waals surface area contributed by atoms with Gasteiger partial charge in [0.1, 0.15) is 5.75 Å². The number of nitrogens with zero attached hydrogens (tertiary/aromatic N) is 1. The minimum absolute atomic E-state index is 0.121. The van der Waals surface area contributed by atoms with Gasteiger partial charge in [0.2, 0.25) is 10.0 Å². The Hall–Kier alpha value is -2.09. The summed E-state index contributed by atoms with van der Waals surface area (Å²) >= 11 is 0. The highest BCUT2D eigenvalue weighted by Gasteiger charge is 2.45. The average molecular weight is 416 g/mol. The van der Waals surface area contributed by atoms with E-state index in [1.165, 1.54) is 11.3 Å². The van der Waals surface area contributed by atoms with Crippen molar-refractivity contribution in [3.8, 4) is 5.75 Å². The normalized spacial score (nSPS) is 17.8. The molecular formula is C22H29N3O3S. The topological polar surface area (TPSA) is 81.7 Å². The molecular weight excluding hydrogens is 386 g/mol. The van der Waals surface area contributed by atoms with Crippen molar-refractivity contribution in [2.24, 2.45) is 0 Å². The maximum absolute atomic E-state index is 12.4. The standard InChI is InChI=1S/C22H29N3O3S/c1-16-13-19-20(17(2)21(16)26)22(14-23-15-22)9-12-25(19)11-6-10-24-29(27,28)18-7-4-3-5-8-18/h3-5,7-8,13,23-24,26H,6,9-12,14-15H2,1-2H3. The smallest absolute Gasteiger partial charge is 0.240 e. The van der Waals surface area contributed by atoms with Gasteiger partial charge in [-0.05, 0) is 61.6 Å². The van der Waals surface area contributed by atoms with Gasteiger partial charge < -0.3 is 15.3 Å². The Morgan fingerprint density at radius 3 is 2.59 bits per heavy atom. The summed E-state index contributed by atoms with van der Waals surface area (Å²) in [6.45, 7) is 7.98. The SMILES string of the molecule is Cc1cc2c(c(C)c1O)C1(CCN2CCCNS(=O)(=O)c2ccccc2)CNC1. The first kappa shape index (κ1) is 20.2. The second-order valence-corrected chi connectivity index (χ2v) is 10.0. The zero-order chi connectivity index (χ0) is 20.6. The molecule has 0 atom stereocenters. The molecule has 1 saturated heterocycles. The fourth-order valence-corrected chi connectivity index (χ4v) is 5.73. The lowest BCUT2D eigenvalue weighted by atomic mass is 9.68. The van der Waals surface area contributed by atoms with Gasteiger partial charge in [0.05, 0.1) is 4.90 Å². The Morgan fingerprint density at radius 1 is 1.21 bits per heavy atom. The molecule has 2 aromatic rings. The van der Waals surface area contributed by atoms with E-state index in [0.717, 1.165) is 50.1 Å². The number of hydrogen-bond donors (Lipinski definition) is 3. The molecule has 1 spiro atoms. The molecule has 0 amide bonds. The molecule has 3 N–H and O–H groups in total. The van der Waals surface area contributed by atoms with Gasteiger partial charge in [-0.2, -0.15) is 0 Å². The Bertz CT molecular complexity index is 1000. The predicted molar refractivity (Wildman–Crippen MR) is 115 cm³/mol. The van der Waals surface area contributed by atoms with Crippen molar-refractivity contribution in [2.75, 3.05) is 37.6 Å². The molecule has 0 aromatic heterocycles. The fourth-order valence-electron chi connectivity index (χ4n) is 4.64. The molecule has 2 aromatic carbocycles. The number of sulfonamides is 1. The number of rotatable bonds is 6. The maximum Gasteiger partial charge on any atom is 0.240 e. The van der Waals surface area contributed by atoms with E-state index in [0.29, 0.717) is 17.2 Å². The number of hydrogen-bond acceptors (Lipinski definition) is 5. The predicted octanol–water partition coefficient (Wildman–Crippen LogP) is 2.43. The highest BCUT2D eigenvalue weighted by molar-refractivity contribution is 7.89. The van der Waals surface area contributed by atoms with Crippen LogP contribution in [-0.4, -0.2) is 46.2 Å². The Labute approximate surface area is 173 Å². The molecule has 6 nitrogen and oxygen atoms in total. The van der Waals surface area contributed by atoms with Crippen molar-refractivity contribution in [3.63, 3.8) is 0 Å². The molecule has 2 aliphatic rings. The van der Waals surface area contributed by atoms with E-state index in [-0.39, 0.29) is 5.41 Å². The van der Waals surface area contributed by atoms with E-state index in [1.54, 1.807) is 30.3 Å². The number of phenols is 1. The van der Waals surface area contributed by atoms with Gasteiger partial charge in [0.25, 0.3) is 0 Å². The zero-order valence-corrected chi connectivity index (χ0v) is 17.8. The largest absolute Gasteiger partial charge is 0.507 e. The summed E-state index contributed by atoms with van der Waals surface area (Å²) in [5.74, 6) is 0.396. The van der Waals surface area contributed by atoms with Crippen LogP contribution in [0.15, 0.2) is 41.3 Å². The third-order valence-electron chi connectivity index (χ3n) is 6.32. The number of nitrogens with one attached hydrogen (secondary N) is 2. The summed E-state index contributed by atoms with van der Waals surface area (Å²) in [5, 5.41) is 13.9. The van der Waals surface area contributed by atoms with Gasteiger partial charge in [0, 0.05) is 43.8 Å². The van der Waals surface area contributed by atoms with Gasteiger partial charge in [-0.3, -0.25) is 0 Å². The Morgan fingerprint density at radius 2 is 1.93 bits per heavy atom. The number of aryl methyl sites for hydroxylation is 1. The van der Waals surface area contributed by atoms with Crippen LogP contribution in [0.25, 0.3) is 0 Å². The second-order valence-electron chi connectivity index (χ2n) is 8.25. The van der Waals surface area contributed by atoms with E-state index in [4.69, 9.17) is 0 Å². The minimum atomic E-state index is -3.47. The molecule has 4 rings (SSSR count). The molecule has 0 bridgehead atoms. The average Bonchev–Trinajstić information content (AvgIpc) is 2.69. The lowest BCUT2D eigenvalue weighted by molar-refractivity contribution is 0.248. The molecule has 0 aliphatic carbocycles. The molecule has 2 aliphatic heterocycles. The summed E-state index contributed by atoms with van der Waals surface area (Å²) in [6.07, 6.45) is 1.77. The fraction of sp³-hybridized carbons (Fsp3) is 0.455. The molecule has 0 saturated carbocycles. The van der Waals surface area contributed by atoms with Gasteiger partial charge in [-0.15, -0.1) is 0 Å². The van der Waals surface area contributed by atoms with E-state index in [9.17, 15) is 13.5 Å². The lowest BCUT2D eigenvalue weighted by Crippen LogP contribution is -2.60. The summed E-state index contributed by atoms with van der Waals surface area (Å²) in [4.78, 5) is 2.64. The summed E-state index contributed by atoms with van der Waals surface area (Å²) in [6, 6.07) is 10.6. The van der Waals surface area contributed by atoms with Crippen LogP contribution >= 0.6 is 0 Å². The van der Waals surface area contributed by atoms with Crippen molar-refractivity contribution in [2.45, 2.75) is 37.0 Å². The number of fused-ring (bicyclic) bond motifs is 2. The second kappa shape index (κ2) is 7.63. The van der Waals surface area contributed by atoms with Crippen molar-refractivity contribution in [3.05, 3.63) is 53.1 Å². The van der Waals surface area contributed by atoms with Crippen molar-refractivity contribution >= 4 is 15.7 Å². The molecule has 29 heavy (non-hydrogen) atoms. The van der Waals surface area contributed by atoms with E-state index >= 15 is 0 Å². The maximum atomic E-state index is 12.4. The summed E-state index contributed by atoms with van der Waals surface area (Å²) < 4.78 is 27.5. The van der Waals surface area contributed by atoms with Crippen LogP contribution in [-0.2, 0) is 15.4 Å². The summed E-state index contributed by atoms with van der Waals surface area (Å²) in [5.41, 5.74) is 4.44. The highest BCUT2D eigenvalue weighted by Crippen LogP contribution is 2.47. The zero-order valence-electron chi connectivity index (χ0n) is 17.0. The molecule has 156 valence electrons. The Kier molecular flexibility index (Phi) is 5.31. The van der Waals surface area contributed by atoms with Crippen LogP contribution in [0.3, 0.4) is 0 Å². The van der Waals surface area contributed by atoms with Crippen LogP contribution < -0.4 is 14.9 Å². The van der Waals surface area contributed by atoms with Crippen molar-refractivity contribution in [1.82, 2.24) is 10.0 Å². The molecule has 1 fully saturated rings.